The predicted molar refractivity (Wildman–Crippen MR) is 103 cm³/mol. The SMILES string of the molecule is CCCCc1ccc(-c2nc(CNCc3ccc(Cl)cc3)co2)cc1. The lowest BCUT2D eigenvalue weighted by molar-refractivity contribution is 0.570. The van der Waals surface area contributed by atoms with Gasteiger partial charge in [-0.1, -0.05) is 49.2 Å². The van der Waals surface area contributed by atoms with Crippen LogP contribution in [0.15, 0.2) is 59.2 Å². The Kier molecular flexibility index (Phi) is 6.26. The number of rotatable bonds is 8. The molecule has 0 fully saturated rings. The van der Waals surface area contributed by atoms with Gasteiger partial charge in [0.2, 0.25) is 5.89 Å². The lowest BCUT2D eigenvalue weighted by Crippen LogP contribution is -2.12. The van der Waals surface area contributed by atoms with Crippen LogP contribution in [-0.2, 0) is 19.5 Å². The van der Waals surface area contributed by atoms with Gasteiger partial charge in [0.05, 0.1) is 5.69 Å². The van der Waals surface area contributed by atoms with Gasteiger partial charge in [-0.15, -0.1) is 0 Å². The largest absolute Gasteiger partial charge is 0.444 e. The fourth-order valence-electron chi connectivity index (χ4n) is 2.65. The number of nitrogens with one attached hydrogen (secondary N) is 1. The maximum atomic E-state index is 5.89. The van der Waals surface area contributed by atoms with Crippen LogP contribution in [0.5, 0.6) is 0 Å². The van der Waals surface area contributed by atoms with Crippen molar-refractivity contribution in [2.24, 2.45) is 0 Å². The average Bonchev–Trinajstić information content (AvgIpc) is 3.11. The molecule has 0 aliphatic heterocycles. The van der Waals surface area contributed by atoms with E-state index < -0.39 is 0 Å². The van der Waals surface area contributed by atoms with Crippen molar-refractivity contribution in [1.29, 1.82) is 0 Å². The van der Waals surface area contributed by atoms with Gasteiger partial charge in [-0.25, -0.2) is 4.98 Å². The lowest BCUT2D eigenvalue weighted by atomic mass is 10.1. The molecule has 0 bridgehead atoms. The molecule has 0 radical (unpaired) electrons. The molecule has 1 aromatic heterocycles. The molecule has 1 heterocycles. The van der Waals surface area contributed by atoms with Gasteiger partial charge in [-0.05, 0) is 48.2 Å². The number of hydrogen-bond donors (Lipinski definition) is 1. The number of halogens is 1. The molecule has 3 nitrogen and oxygen atoms in total. The summed E-state index contributed by atoms with van der Waals surface area (Å²) in [5.41, 5.74) is 4.47. The third-order valence-corrected chi connectivity index (χ3v) is 4.37. The molecule has 0 aliphatic rings. The molecular formula is C21H23ClN2O. The van der Waals surface area contributed by atoms with Crippen molar-refractivity contribution in [3.8, 4) is 11.5 Å². The molecule has 130 valence electrons. The second kappa shape index (κ2) is 8.84. The third-order valence-electron chi connectivity index (χ3n) is 4.12. The van der Waals surface area contributed by atoms with E-state index in [-0.39, 0.29) is 0 Å². The molecule has 4 heteroatoms. The minimum atomic E-state index is 0.667. The van der Waals surface area contributed by atoms with E-state index in [0.717, 1.165) is 29.2 Å². The third kappa shape index (κ3) is 5.18. The van der Waals surface area contributed by atoms with Crippen LogP contribution < -0.4 is 5.32 Å². The molecule has 3 rings (SSSR count). The Morgan fingerprint density at radius 3 is 2.40 bits per heavy atom. The van der Waals surface area contributed by atoms with Crippen molar-refractivity contribution < 1.29 is 4.42 Å². The van der Waals surface area contributed by atoms with E-state index >= 15 is 0 Å². The fraction of sp³-hybridized carbons (Fsp3) is 0.286. The first-order chi connectivity index (χ1) is 12.2. The number of aromatic nitrogens is 1. The number of nitrogens with zero attached hydrogens (tertiary/aromatic N) is 1. The molecule has 0 amide bonds. The van der Waals surface area contributed by atoms with Crippen LogP contribution in [0.1, 0.15) is 36.6 Å². The van der Waals surface area contributed by atoms with E-state index in [0.29, 0.717) is 12.4 Å². The maximum Gasteiger partial charge on any atom is 0.226 e. The van der Waals surface area contributed by atoms with Crippen molar-refractivity contribution in [1.82, 2.24) is 10.3 Å². The molecule has 3 aromatic rings. The summed E-state index contributed by atoms with van der Waals surface area (Å²) in [6.07, 6.45) is 5.28. The molecule has 1 N–H and O–H groups in total. The summed E-state index contributed by atoms with van der Waals surface area (Å²) in [4.78, 5) is 4.57. The summed E-state index contributed by atoms with van der Waals surface area (Å²) in [5, 5.41) is 4.12. The van der Waals surface area contributed by atoms with E-state index in [1.165, 1.54) is 24.0 Å². The molecule has 0 aliphatic carbocycles. The molecule has 25 heavy (non-hydrogen) atoms. The van der Waals surface area contributed by atoms with Crippen molar-refractivity contribution in [2.75, 3.05) is 0 Å². The van der Waals surface area contributed by atoms with Gasteiger partial charge < -0.3 is 9.73 Å². The highest BCUT2D eigenvalue weighted by Crippen LogP contribution is 2.20. The lowest BCUT2D eigenvalue weighted by Gasteiger charge is -2.03. The van der Waals surface area contributed by atoms with Gasteiger partial charge in [0.1, 0.15) is 6.26 Å². The van der Waals surface area contributed by atoms with Crippen LogP contribution in [-0.4, -0.2) is 4.98 Å². The summed E-state index contributed by atoms with van der Waals surface area (Å²) in [5.74, 6) is 0.672. The molecule has 0 spiro atoms. The average molecular weight is 355 g/mol. The Morgan fingerprint density at radius 2 is 1.68 bits per heavy atom. The summed E-state index contributed by atoms with van der Waals surface area (Å²) >= 11 is 5.89. The Bertz CT molecular complexity index is 778. The summed E-state index contributed by atoms with van der Waals surface area (Å²) in [6.45, 7) is 3.65. The Balaban J connectivity index is 1.54. The van der Waals surface area contributed by atoms with E-state index in [4.69, 9.17) is 16.0 Å². The minimum absolute atomic E-state index is 0.667. The highest BCUT2D eigenvalue weighted by molar-refractivity contribution is 6.30. The first kappa shape index (κ1) is 17.7. The van der Waals surface area contributed by atoms with Gasteiger partial charge in [-0.3, -0.25) is 0 Å². The van der Waals surface area contributed by atoms with Crippen molar-refractivity contribution in [3.63, 3.8) is 0 Å². The highest BCUT2D eigenvalue weighted by atomic mass is 35.5. The van der Waals surface area contributed by atoms with Crippen LogP contribution in [0.3, 0.4) is 0 Å². The summed E-state index contributed by atoms with van der Waals surface area (Å²) < 4.78 is 5.62. The fourth-order valence-corrected chi connectivity index (χ4v) is 2.78. The van der Waals surface area contributed by atoms with Gasteiger partial charge in [0.25, 0.3) is 0 Å². The Hall–Kier alpha value is -2.10. The monoisotopic (exact) mass is 354 g/mol. The van der Waals surface area contributed by atoms with Crippen LogP contribution in [0.2, 0.25) is 5.02 Å². The minimum Gasteiger partial charge on any atom is -0.444 e. The Morgan fingerprint density at radius 1 is 0.960 bits per heavy atom. The van der Waals surface area contributed by atoms with E-state index in [9.17, 15) is 0 Å². The zero-order valence-corrected chi connectivity index (χ0v) is 15.2. The van der Waals surface area contributed by atoms with Gasteiger partial charge in [0.15, 0.2) is 0 Å². The quantitative estimate of drug-likeness (QED) is 0.569. The molecule has 0 unspecified atom stereocenters. The number of unbranched alkanes of at least 4 members (excludes halogenated alkanes) is 1. The predicted octanol–water partition coefficient (Wildman–Crippen LogP) is 5.63. The standard InChI is InChI=1S/C21H23ClN2O/c1-2-3-4-16-5-9-18(10-6-16)21-24-20(15-25-21)14-23-13-17-7-11-19(22)12-8-17/h5-12,15,23H,2-4,13-14H2,1H3. The second-order valence-corrected chi connectivity index (χ2v) is 6.61. The molecule has 2 aromatic carbocycles. The Labute approximate surface area is 154 Å². The van der Waals surface area contributed by atoms with Crippen LogP contribution >= 0.6 is 11.6 Å². The normalized spacial score (nSPS) is 11.0. The smallest absolute Gasteiger partial charge is 0.226 e. The number of aryl methyl sites for hydroxylation is 1. The van der Waals surface area contributed by atoms with Crippen LogP contribution in [0.4, 0.5) is 0 Å². The zero-order chi connectivity index (χ0) is 17.5. The number of oxazole rings is 1. The van der Waals surface area contributed by atoms with E-state index in [1.807, 2.05) is 24.3 Å². The topological polar surface area (TPSA) is 38.1 Å². The van der Waals surface area contributed by atoms with Gasteiger partial charge >= 0.3 is 0 Å². The number of hydrogen-bond acceptors (Lipinski definition) is 3. The molecule has 0 saturated carbocycles. The maximum absolute atomic E-state index is 5.89. The molecule has 0 saturated heterocycles. The number of benzene rings is 2. The first-order valence-electron chi connectivity index (χ1n) is 8.73. The summed E-state index contributed by atoms with van der Waals surface area (Å²) in [6, 6.07) is 16.3. The summed E-state index contributed by atoms with van der Waals surface area (Å²) in [7, 11) is 0. The first-order valence-corrected chi connectivity index (χ1v) is 9.11. The van der Waals surface area contributed by atoms with E-state index in [2.05, 4.69) is 41.5 Å². The molecular weight excluding hydrogens is 332 g/mol. The highest BCUT2D eigenvalue weighted by Gasteiger charge is 2.07. The van der Waals surface area contributed by atoms with Gasteiger partial charge in [0, 0.05) is 23.7 Å². The van der Waals surface area contributed by atoms with Crippen molar-refractivity contribution in [3.05, 3.63) is 76.6 Å². The van der Waals surface area contributed by atoms with Crippen LogP contribution in [0.25, 0.3) is 11.5 Å². The van der Waals surface area contributed by atoms with E-state index in [1.54, 1.807) is 6.26 Å². The molecule has 0 atom stereocenters. The van der Waals surface area contributed by atoms with Crippen LogP contribution in [0, 0.1) is 0 Å². The second-order valence-electron chi connectivity index (χ2n) is 6.17. The van der Waals surface area contributed by atoms with Crippen molar-refractivity contribution >= 4 is 11.6 Å². The zero-order valence-electron chi connectivity index (χ0n) is 14.5. The van der Waals surface area contributed by atoms with Gasteiger partial charge in [-0.2, -0.15) is 0 Å². The van der Waals surface area contributed by atoms with Crippen molar-refractivity contribution in [2.45, 2.75) is 39.3 Å².